The highest BCUT2D eigenvalue weighted by Crippen LogP contribution is 2.45. The fourth-order valence-corrected chi connectivity index (χ4v) is 2.72. The van der Waals surface area contributed by atoms with Gasteiger partial charge in [-0.25, -0.2) is 4.79 Å². The van der Waals surface area contributed by atoms with Crippen LogP contribution in [0.2, 0.25) is 0 Å². The maximum absolute atomic E-state index is 12.0. The number of carbonyl (C=O) groups excluding carboxylic acids is 2. The van der Waals surface area contributed by atoms with E-state index >= 15 is 0 Å². The number of carbonyl (C=O) groups is 2. The van der Waals surface area contributed by atoms with Crippen molar-refractivity contribution in [1.82, 2.24) is 0 Å². The summed E-state index contributed by atoms with van der Waals surface area (Å²) in [5, 5.41) is 2.54. The molecule has 0 radical (unpaired) electrons. The van der Waals surface area contributed by atoms with Crippen LogP contribution < -0.4 is 16.0 Å². The monoisotopic (exact) mass is 335 g/mol. The van der Waals surface area contributed by atoms with Gasteiger partial charge in [0.15, 0.2) is 0 Å². The van der Waals surface area contributed by atoms with Crippen LogP contribution in [0, 0.1) is 0 Å². The highest BCUT2D eigenvalue weighted by Gasteiger charge is 2.33. The third kappa shape index (κ3) is 3.45. The van der Waals surface area contributed by atoms with Gasteiger partial charge < -0.3 is 15.8 Å². The number of hydrogen-bond acceptors (Lipinski definition) is 5. The van der Waals surface area contributed by atoms with Crippen molar-refractivity contribution < 1.29 is 14.3 Å². The molecule has 3 rings (SSSR count). The first-order valence-electron chi connectivity index (χ1n) is 7.80. The Kier molecular flexibility index (Phi) is 4.50. The van der Waals surface area contributed by atoms with Crippen LogP contribution >= 0.6 is 12.6 Å². The number of thiol groups is 1. The summed E-state index contributed by atoms with van der Waals surface area (Å²) in [7, 11) is 0. The van der Waals surface area contributed by atoms with Crippen molar-refractivity contribution in [3.63, 3.8) is 0 Å². The topological polar surface area (TPSA) is 84.7 Å². The van der Waals surface area contributed by atoms with Crippen LogP contribution in [-0.2, 0) is 9.53 Å². The number of nitrogens with zero attached hydrogens (tertiary/aromatic N) is 1. The van der Waals surface area contributed by atoms with E-state index in [2.05, 4.69) is 17.9 Å². The Balaban J connectivity index is 1.85. The van der Waals surface area contributed by atoms with Gasteiger partial charge in [0.1, 0.15) is 6.10 Å². The summed E-state index contributed by atoms with van der Waals surface area (Å²) >= 11 is 4.16. The zero-order valence-electron chi connectivity index (χ0n) is 13.0. The lowest BCUT2D eigenvalue weighted by atomic mass is 10.1. The third-order valence-electron chi connectivity index (χ3n) is 4.14. The molecule has 1 saturated heterocycles. The van der Waals surface area contributed by atoms with Crippen LogP contribution in [-0.4, -0.2) is 36.4 Å². The number of nitrogens with two attached hydrogens (primary N) is 1. The summed E-state index contributed by atoms with van der Waals surface area (Å²) in [5.41, 5.74) is 8.22. The molecule has 0 bridgehead atoms. The van der Waals surface area contributed by atoms with E-state index in [0.717, 1.165) is 29.8 Å². The predicted octanol–water partition coefficient (Wildman–Crippen LogP) is 2.10. The third-order valence-corrected chi connectivity index (χ3v) is 4.37. The van der Waals surface area contributed by atoms with Gasteiger partial charge in [0.2, 0.25) is 5.91 Å². The molecule has 1 aromatic rings. The summed E-state index contributed by atoms with van der Waals surface area (Å²) < 4.78 is 5.20. The molecule has 3 N–H and O–H groups in total. The molecule has 1 aliphatic heterocycles. The summed E-state index contributed by atoms with van der Waals surface area (Å²) in [5.74, 6) is 0.302. The Morgan fingerprint density at radius 3 is 2.83 bits per heavy atom. The van der Waals surface area contributed by atoms with E-state index in [4.69, 9.17) is 10.5 Å². The Hall–Kier alpha value is -1.73. The minimum atomic E-state index is -0.374. The van der Waals surface area contributed by atoms with E-state index in [1.54, 1.807) is 11.8 Å². The van der Waals surface area contributed by atoms with E-state index in [-0.39, 0.29) is 23.4 Å². The number of benzene rings is 1. The largest absolute Gasteiger partial charge is 0.443 e. The molecule has 2 amide bonds. The van der Waals surface area contributed by atoms with Crippen LogP contribution in [0.25, 0.3) is 0 Å². The molecular weight excluding hydrogens is 314 g/mol. The van der Waals surface area contributed by atoms with Crippen molar-refractivity contribution >= 4 is 36.0 Å². The van der Waals surface area contributed by atoms with Gasteiger partial charge in [-0.2, -0.15) is 12.6 Å². The van der Waals surface area contributed by atoms with Crippen molar-refractivity contribution in [3.8, 4) is 0 Å². The van der Waals surface area contributed by atoms with Crippen molar-refractivity contribution in [2.24, 2.45) is 5.73 Å². The second-order valence-corrected chi connectivity index (χ2v) is 6.84. The normalized spacial score (nSPS) is 22.0. The van der Waals surface area contributed by atoms with Crippen LogP contribution in [0.3, 0.4) is 0 Å². The summed E-state index contributed by atoms with van der Waals surface area (Å²) in [6.07, 6.45) is 1.55. The standard InChI is InChI=1S/C16H21N3O3S/c1-9(23)15(20)18-14-5-4-11(6-13(14)10-2-3-10)19-8-12(7-17)22-16(19)21/h4-6,9-10,12,23H,2-3,7-8,17H2,1H3,(H,18,20). The Morgan fingerprint density at radius 2 is 2.26 bits per heavy atom. The number of rotatable bonds is 5. The summed E-state index contributed by atoms with van der Waals surface area (Å²) in [4.78, 5) is 25.5. The van der Waals surface area contributed by atoms with Gasteiger partial charge in [0, 0.05) is 17.9 Å². The first-order chi connectivity index (χ1) is 11.0. The highest BCUT2D eigenvalue weighted by atomic mass is 32.1. The Bertz CT molecular complexity index is 631. The molecule has 0 aromatic heterocycles. The van der Waals surface area contributed by atoms with Gasteiger partial charge in [-0.1, -0.05) is 0 Å². The number of cyclic esters (lactones) is 1. The summed E-state index contributed by atoms with van der Waals surface area (Å²) in [6, 6.07) is 5.64. The van der Waals surface area contributed by atoms with Gasteiger partial charge in [-0.15, -0.1) is 0 Å². The van der Waals surface area contributed by atoms with E-state index in [1.165, 1.54) is 0 Å². The molecule has 1 heterocycles. The minimum absolute atomic E-state index is 0.133. The van der Waals surface area contributed by atoms with Crippen molar-refractivity contribution in [2.75, 3.05) is 23.3 Å². The predicted molar refractivity (Wildman–Crippen MR) is 92.2 cm³/mol. The first-order valence-corrected chi connectivity index (χ1v) is 8.32. The number of amides is 2. The molecule has 6 nitrogen and oxygen atoms in total. The lowest BCUT2D eigenvalue weighted by molar-refractivity contribution is -0.115. The molecule has 7 heteroatoms. The van der Waals surface area contributed by atoms with Crippen LogP contribution in [0.5, 0.6) is 0 Å². The van der Waals surface area contributed by atoms with E-state index in [0.29, 0.717) is 19.0 Å². The molecule has 1 aliphatic carbocycles. The van der Waals surface area contributed by atoms with Crippen LogP contribution in [0.1, 0.15) is 31.2 Å². The fraction of sp³-hybridized carbons (Fsp3) is 0.500. The molecule has 124 valence electrons. The SMILES string of the molecule is CC(S)C(=O)Nc1ccc(N2CC(CN)OC2=O)cc1C1CC1. The quantitative estimate of drug-likeness (QED) is 0.720. The lowest BCUT2D eigenvalue weighted by Crippen LogP contribution is -2.27. The van der Waals surface area contributed by atoms with E-state index < -0.39 is 0 Å². The summed E-state index contributed by atoms with van der Waals surface area (Å²) in [6.45, 7) is 2.50. The van der Waals surface area contributed by atoms with Gasteiger partial charge in [0.05, 0.1) is 11.8 Å². The van der Waals surface area contributed by atoms with Gasteiger partial charge in [-0.05, 0) is 49.4 Å². The maximum atomic E-state index is 12.0. The highest BCUT2D eigenvalue weighted by molar-refractivity contribution is 7.81. The van der Waals surface area contributed by atoms with Gasteiger partial charge in [-0.3, -0.25) is 9.69 Å². The number of ether oxygens (including phenoxy) is 1. The molecule has 2 atom stereocenters. The van der Waals surface area contributed by atoms with Gasteiger partial charge >= 0.3 is 6.09 Å². The molecule has 1 aromatic carbocycles. The van der Waals surface area contributed by atoms with Crippen molar-refractivity contribution in [2.45, 2.75) is 37.0 Å². The molecule has 0 spiro atoms. The molecular formula is C16H21N3O3S. The van der Waals surface area contributed by atoms with Crippen LogP contribution in [0.15, 0.2) is 18.2 Å². The van der Waals surface area contributed by atoms with Crippen LogP contribution in [0.4, 0.5) is 16.2 Å². The van der Waals surface area contributed by atoms with E-state index in [9.17, 15) is 9.59 Å². The number of hydrogen-bond donors (Lipinski definition) is 3. The molecule has 2 unspecified atom stereocenters. The molecule has 2 aliphatic rings. The lowest BCUT2D eigenvalue weighted by Gasteiger charge is -2.18. The molecule has 1 saturated carbocycles. The molecule has 2 fully saturated rings. The maximum Gasteiger partial charge on any atom is 0.414 e. The van der Waals surface area contributed by atoms with Gasteiger partial charge in [0.25, 0.3) is 0 Å². The average Bonchev–Trinajstić information content (AvgIpc) is 3.30. The van der Waals surface area contributed by atoms with Crippen molar-refractivity contribution in [3.05, 3.63) is 23.8 Å². The van der Waals surface area contributed by atoms with Crippen molar-refractivity contribution in [1.29, 1.82) is 0 Å². The smallest absolute Gasteiger partial charge is 0.414 e. The Labute approximate surface area is 140 Å². The minimum Gasteiger partial charge on any atom is -0.443 e. The zero-order chi connectivity index (χ0) is 16.6. The van der Waals surface area contributed by atoms with E-state index in [1.807, 2.05) is 18.2 Å². The number of anilines is 2. The fourth-order valence-electron chi connectivity index (χ4n) is 2.66. The zero-order valence-corrected chi connectivity index (χ0v) is 13.9. The second-order valence-electron chi connectivity index (χ2n) is 6.06. The Morgan fingerprint density at radius 1 is 1.52 bits per heavy atom. The second kappa shape index (κ2) is 6.41. The molecule has 23 heavy (non-hydrogen) atoms. The number of nitrogens with one attached hydrogen (secondary N) is 1. The average molecular weight is 335 g/mol. The first kappa shape index (κ1) is 16.1.